The standard InChI is InChI=1S/C16H24N2O5S/c1-12-4-5-14(16(19)22-3)10-15(12)24(20,21)17-11-13(2)18-6-8-23-9-7-18/h4-5,10,13,17H,6-9,11H2,1-3H3. The van der Waals surface area contributed by atoms with Gasteiger partial charge in [-0.15, -0.1) is 0 Å². The largest absolute Gasteiger partial charge is 0.465 e. The van der Waals surface area contributed by atoms with E-state index in [1.807, 2.05) is 6.92 Å². The van der Waals surface area contributed by atoms with Crippen LogP contribution < -0.4 is 4.72 Å². The lowest BCUT2D eigenvalue weighted by Crippen LogP contribution is -2.47. The van der Waals surface area contributed by atoms with Crippen molar-refractivity contribution >= 4 is 16.0 Å². The minimum atomic E-state index is -3.70. The first-order valence-corrected chi connectivity index (χ1v) is 9.34. The van der Waals surface area contributed by atoms with Crippen LogP contribution in [-0.2, 0) is 19.5 Å². The Morgan fingerprint density at radius 2 is 2.04 bits per heavy atom. The van der Waals surface area contributed by atoms with Crippen LogP contribution in [0.5, 0.6) is 0 Å². The number of aryl methyl sites for hydroxylation is 1. The summed E-state index contributed by atoms with van der Waals surface area (Å²) < 4.78 is 37.8. The highest BCUT2D eigenvalue weighted by atomic mass is 32.2. The molecule has 1 atom stereocenters. The molecule has 7 nitrogen and oxygen atoms in total. The van der Waals surface area contributed by atoms with Crippen LogP contribution in [0.25, 0.3) is 0 Å². The van der Waals surface area contributed by atoms with E-state index in [-0.39, 0.29) is 16.5 Å². The Balaban J connectivity index is 2.10. The van der Waals surface area contributed by atoms with E-state index >= 15 is 0 Å². The van der Waals surface area contributed by atoms with Crippen molar-refractivity contribution in [3.8, 4) is 0 Å². The minimum Gasteiger partial charge on any atom is -0.465 e. The Labute approximate surface area is 143 Å². The van der Waals surface area contributed by atoms with Gasteiger partial charge in [0.2, 0.25) is 10.0 Å². The molecule has 1 N–H and O–H groups in total. The molecule has 0 aliphatic carbocycles. The molecule has 0 aromatic heterocycles. The van der Waals surface area contributed by atoms with Crippen LogP contribution in [0.3, 0.4) is 0 Å². The van der Waals surface area contributed by atoms with Crippen molar-refractivity contribution in [2.24, 2.45) is 0 Å². The summed E-state index contributed by atoms with van der Waals surface area (Å²) in [4.78, 5) is 13.9. The number of rotatable bonds is 6. The van der Waals surface area contributed by atoms with Crippen LogP contribution in [0.2, 0.25) is 0 Å². The number of methoxy groups -OCH3 is 1. The molecule has 0 spiro atoms. The van der Waals surface area contributed by atoms with Gasteiger partial charge in [-0.05, 0) is 31.5 Å². The number of nitrogens with one attached hydrogen (secondary N) is 1. The van der Waals surface area contributed by atoms with Crippen molar-refractivity contribution in [3.63, 3.8) is 0 Å². The molecule has 0 saturated carbocycles. The zero-order valence-corrected chi connectivity index (χ0v) is 15.1. The molecule has 0 radical (unpaired) electrons. The zero-order chi connectivity index (χ0) is 17.7. The van der Waals surface area contributed by atoms with Gasteiger partial charge in [0, 0.05) is 25.7 Å². The molecule has 1 aromatic carbocycles. The van der Waals surface area contributed by atoms with E-state index in [9.17, 15) is 13.2 Å². The van der Waals surface area contributed by atoms with E-state index in [0.29, 0.717) is 25.3 Å². The maximum Gasteiger partial charge on any atom is 0.337 e. The van der Waals surface area contributed by atoms with Gasteiger partial charge in [-0.2, -0.15) is 0 Å². The summed E-state index contributed by atoms with van der Waals surface area (Å²) in [5.41, 5.74) is 0.791. The van der Waals surface area contributed by atoms with E-state index in [2.05, 4.69) is 14.4 Å². The first kappa shape index (κ1) is 18.9. The lowest BCUT2D eigenvalue weighted by atomic mass is 10.1. The van der Waals surface area contributed by atoms with Crippen LogP contribution >= 0.6 is 0 Å². The van der Waals surface area contributed by atoms with Crippen molar-refractivity contribution in [1.82, 2.24) is 9.62 Å². The average molecular weight is 356 g/mol. The second kappa shape index (κ2) is 8.06. The third-order valence-corrected chi connectivity index (χ3v) is 5.70. The summed E-state index contributed by atoms with van der Waals surface area (Å²) in [6.07, 6.45) is 0. The molecule has 1 heterocycles. The Morgan fingerprint density at radius 1 is 1.38 bits per heavy atom. The van der Waals surface area contributed by atoms with Crippen LogP contribution in [0.15, 0.2) is 23.1 Å². The Bertz CT molecular complexity index is 684. The van der Waals surface area contributed by atoms with Crippen molar-refractivity contribution in [2.75, 3.05) is 40.0 Å². The minimum absolute atomic E-state index is 0.0628. The Hall–Kier alpha value is -1.48. The summed E-state index contributed by atoms with van der Waals surface area (Å²) in [5.74, 6) is -0.562. The highest BCUT2D eigenvalue weighted by Gasteiger charge is 2.22. The number of hydrogen-bond acceptors (Lipinski definition) is 6. The smallest absolute Gasteiger partial charge is 0.337 e. The number of morpholine rings is 1. The molecule has 1 unspecified atom stereocenters. The Morgan fingerprint density at radius 3 is 2.67 bits per heavy atom. The third-order valence-electron chi connectivity index (χ3n) is 4.14. The first-order chi connectivity index (χ1) is 11.3. The second-order valence-electron chi connectivity index (χ2n) is 5.82. The lowest BCUT2D eigenvalue weighted by Gasteiger charge is -2.32. The Kier molecular flexibility index (Phi) is 6.34. The molecule has 0 amide bonds. The maximum absolute atomic E-state index is 12.6. The number of sulfonamides is 1. The summed E-state index contributed by atoms with van der Waals surface area (Å²) in [6.45, 7) is 6.88. The van der Waals surface area contributed by atoms with Gasteiger partial charge >= 0.3 is 5.97 Å². The van der Waals surface area contributed by atoms with E-state index in [4.69, 9.17) is 4.74 Å². The summed E-state index contributed by atoms with van der Waals surface area (Å²) >= 11 is 0. The molecule has 24 heavy (non-hydrogen) atoms. The zero-order valence-electron chi connectivity index (χ0n) is 14.2. The number of carbonyl (C=O) groups excluding carboxylic acids is 1. The number of hydrogen-bond donors (Lipinski definition) is 1. The number of benzene rings is 1. The SMILES string of the molecule is COC(=O)c1ccc(C)c(S(=O)(=O)NCC(C)N2CCOCC2)c1. The van der Waals surface area contributed by atoms with Gasteiger partial charge in [0.25, 0.3) is 0 Å². The summed E-state index contributed by atoms with van der Waals surface area (Å²) in [5, 5.41) is 0. The fourth-order valence-electron chi connectivity index (χ4n) is 2.59. The monoisotopic (exact) mass is 356 g/mol. The van der Waals surface area contributed by atoms with E-state index in [0.717, 1.165) is 13.1 Å². The highest BCUT2D eigenvalue weighted by molar-refractivity contribution is 7.89. The number of carbonyl (C=O) groups is 1. The van der Waals surface area contributed by atoms with Crippen LogP contribution in [-0.4, -0.2) is 65.3 Å². The van der Waals surface area contributed by atoms with Gasteiger partial charge in [-0.3, -0.25) is 4.90 Å². The summed E-state index contributed by atoms with van der Waals surface area (Å²) in [7, 11) is -2.44. The van der Waals surface area contributed by atoms with Crippen molar-refractivity contribution in [1.29, 1.82) is 0 Å². The van der Waals surface area contributed by atoms with Crippen molar-refractivity contribution in [2.45, 2.75) is 24.8 Å². The topological polar surface area (TPSA) is 84.9 Å². The van der Waals surface area contributed by atoms with Gasteiger partial charge < -0.3 is 9.47 Å². The highest BCUT2D eigenvalue weighted by Crippen LogP contribution is 2.18. The van der Waals surface area contributed by atoms with E-state index < -0.39 is 16.0 Å². The normalized spacial score (nSPS) is 17.5. The van der Waals surface area contributed by atoms with Gasteiger partial charge in [-0.1, -0.05) is 6.07 Å². The fourth-order valence-corrected chi connectivity index (χ4v) is 3.98. The molecule has 2 rings (SSSR count). The molecule has 1 aliphatic rings. The maximum atomic E-state index is 12.6. The average Bonchev–Trinajstić information content (AvgIpc) is 2.60. The van der Waals surface area contributed by atoms with Gasteiger partial charge in [-0.25, -0.2) is 17.9 Å². The van der Waals surface area contributed by atoms with Crippen LogP contribution in [0, 0.1) is 6.92 Å². The molecule has 8 heteroatoms. The molecule has 134 valence electrons. The fraction of sp³-hybridized carbons (Fsp3) is 0.562. The van der Waals surface area contributed by atoms with Crippen molar-refractivity contribution < 1.29 is 22.7 Å². The van der Waals surface area contributed by atoms with E-state index in [1.54, 1.807) is 19.1 Å². The number of nitrogens with zero attached hydrogens (tertiary/aromatic N) is 1. The van der Waals surface area contributed by atoms with Gasteiger partial charge in [0.15, 0.2) is 0 Å². The number of esters is 1. The molecule has 1 aromatic rings. The molecule has 0 bridgehead atoms. The predicted molar refractivity (Wildman–Crippen MR) is 89.6 cm³/mol. The predicted octanol–water partition coefficient (Wildman–Crippen LogP) is 0.781. The van der Waals surface area contributed by atoms with E-state index in [1.165, 1.54) is 13.2 Å². The molecule has 1 aliphatic heterocycles. The van der Waals surface area contributed by atoms with Gasteiger partial charge in [0.05, 0.1) is 30.8 Å². The third kappa shape index (κ3) is 4.54. The quantitative estimate of drug-likeness (QED) is 0.758. The van der Waals surface area contributed by atoms with Crippen LogP contribution in [0.1, 0.15) is 22.8 Å². The second-order valence-corrected chi connectivity index (χ2v) is 7.56. The lowest BCUT2D eigenvalue weighted by molar-refractivity contribution is 0.0213. The summed E-state index contributed by atoms with van der Waals surface area (Å²) in [6, 6.07) is 4.57. The first-order valence-electron chi connectivity index (χ1n) is 7.85. The van der Waals surface area contributed by atoms with Gasteiger partial charge in [0.1, 0.15) is 0 Å². The molecule has 1 fully saturated rings. The molecular formula is C16H24N2O5S. The molecule has 1 saturated heterocycles. The number of ether oxygens (including phenoxy) is 2. The van der Waals surface area contributed by atoms with Crippen molar-refractivity contribution in [3.05, 3.63) is 29.3 Å². The molecular weight excluding hydrogens is 332 g/mol. The van der Waals surface area contributed by atoms with Crippen LogP contribution in [0.4, 0.5) is 0 Å².